The molecule has 1 rings (SSSR count). The third kappa shape index (κ3) is 2.59. The van der Waals surface area contributed by atoms with Gasteiger partial charge in [-0.25, -0.2) is 8.42 Å². The van der Waals surface area contributed by atoms with Gasteiger partial charge in [0, 0.05) is 30.2 Å². The van der Waals surface area contributed by atoms with Crippen molar-refractivity contribution in [3.05, 3.63) is 0 Å². The van der Waals surface area contributed by atoms with Crippen LogP contribution in [0.15, 0.2) is 0 Å². The Morgan fingerprint density at radius 2 is 2.29 bits per heavy atom. The van der Waals surface area contributed by atoms with Crippen LogP contribution in [0.2, 0.25) is 0 Å². The molecule has 0 bridgehead atoms. The maximum absolute atomic E-state index is 11.2. The Morgan fingerprint density at radius 3 is 2.71 bits per heavy atom. The standard InChI is InChI=1S/C7H9ClN2O3S/c8-14(12,13)6-4-7(11)10(5-6)3-1-2-9/h6H,1,3-5H2. The van der Waals surface area contributed by atoms with Crippen LogP contribution in [0.5, 0.6) is 0 Å². The van der Waals surface area contributed by atoms with E-state index in [0.717, 1.165) is 0 Å². The molecule has 0 aromatic heterocycles. The van der Waals surface area contributed by atoms with Gasteiger partial charge < -0.3 is 4.90 Å². The van der Waals surface area contributed by atoms with Gasteiger partial charge in [-0.05, 0) is 0 Å². The second-order valence-electron chi connectivity index (χ2n) is 3.05. The lowest BCUT2D eigenvalue weighted by Gasteiger charge is -2.13. The van der Waals surface area contributed by atoms with Crippen molar-refractivity contribution in [1.82, 2.24) is 4.90 Å². The number of hydrogen-bond donors (Lipinski definition) is 0. The fraction of sp³-hybridized carbons (Fsp3) is 0.714. The van der Waals surface area contributed by atoms with Crippen LogP contribution in [0.25, 0.3) is 0 Å². The SMILES string of the molecule is N#CCCN1CC(S(=O)(=O)Cl)CC1=O. The van der Waals surface area contributed by atoms with Crippen molar-refractivity contribution in [1.29, 1.82) is 5.26 Å². The molecule has 0 radical (unpaired) electrons. The number of carbonyl (C=O) groups excluding carboxylic acids is 1. The summed E-state index contributed by atoms with van der Waals surface area (Å²) in [6.45, 7) is 0.380. The monoisotopic (exact) mass is 236 g/mol. The summed E-state index contributed by atoms with van der Waals surface area (Å²) in [5.74, 6) is -0.255. The van der Waals surface area contributed by atoms with E-state index in [1.807, 2.05) is 6.07 Å². The largest absolute Gasteiger partial charge is 0.340 e. The van der Waals surface area contributed by atoms with Gasteiger partial charge in [-0.1, -0.05) is 0 Å². The zero-order chi connectivity index (χ0) is 10.8. The van der Waals surface area contributed by atoms with Crippen LogP contribution < -0.4 is 0 Å². The van der Waals surface area contributed by atoms with E-state index in [1.54, 1.807) is 0 Å². The van der Waals surface area contributed by atoms with Crippen LogP contribution in [-0.2, 0) is 13.8 Å². The predicted octanol–water partition coefficient (Wildman–Crippen LogP) is 0.0696. The number of amides is 1. The van der Waals surface area contributed by atoms with Crippen molar-refractivity contribution >= 4 is 25.6 Å². The van der Waals surface area contributed by atoms with Gasteiger partial charge in [-0.3, -0.25) is 4.79 Å². The van der Waals surface area contributed by atoms with Crippen molar-refractivity contribution < 1.29 is 13.2 Å². The number of nitriles is 1. The number of carbonyl (C=O) groups is 1. The zero-order valence-corrected chi connectivity index (χ0v) is 8.88. The molecule has 0 aliphatic carbocycles. The third-order valence-electron chi connectivity index (χ3n) is 2.07. The molecule has 1 atom stereocenters. The Balaban J connectivity index is 2.62. The molecule has 1 aliphatic rings. The van der Waals surface area contributed by atoms with Gasteiger partial charge in [0.25, 0.3) is 0 Å². The van der Waals surface area contributed by atoms with Gasteiger partial charge in [0.15, 0.2) is 0 Å². The Labute approximate surface area is 86.7 Å². The first-order valence-corrected chi connectivity index (χ1v) is 6.40. The highest BCUT2D eigenvalue weighted by Gasteiger charge is 2.36. The number of likely N-dealkylation sites (tertiary alicyclic amines) is 1. The molecular weight excluding hydrogens is 228 g/mol. The van der Waals surface area contributed by atoms with Gasteiger partial charge >= 0.3 is 0 Å². The molecule has 1 fully saturated rings. The van der Waals surface area contributed by atoms with Gasteiger partial charge in [-0.2, -0.15) is 5.26 Å². The second kappa shape index (κ2) is 4.15. The third-order valence-corrected chi connectivity index (χ3v) is 3.94. The first-order chi connectivity index (χ1) is 6.45. The fourth-order valence-corrected chi connectivity index (χ4v) is 2.38. The maximum Gasteiger partial charge on any atom is 0.237 e. The molecule has 1 amide bonds. The fourth-order valence-electron chi connectivity index (χ4n) is 1.33. The van der Waals surface area contributed by atoms with Gasteiger partial charge in [0.05, 0.1) is 12.5 Å². The summed E-state index contributed by atoms with van der Waals surface area (Å²) < 4.78 is 21.8. The molecule has 1 unspecified atom stereocenters. The second-order valence-corrected chi connectivity index (χ2v) is 5.96. The van der Waals surface area contributed by atoms with E-state index in [9.17, 15) is 13.2 Å². The van der Waals surface area contributed by atoms with Crippen molar-refractivity contribution in [2.45, 2.75) is 18.1 Å². The smallest absolute Gasteiger partial charge is 0.237 e. The van der Waals surface area contributed by atoms with Crippen molar-refractivity contribution in [2.75, 3.05) is 13.1 Å². The van der Waals surface area contributed by atoms with Crippen molar-refractivity contribution in [3.8, 4) is 6.07 Å². The summed E-state index contributed by atoms with van der Waals surface area (Å²) in [6.07, 6.45) is 0.137. The van der Waals surface area contributed by atoms with Crippen molar-refractivity contribution in [2.24, 2.45) is 0 Å². The summed E-state index contributed by atoms with van der Waals surface area (Å²) in [7, 11) is 1.47. The van der Waals surface area contributed by atoms with Crippen molar-refractivity contribution in [3.63, 3.8) is 0 Å². The number of nitrogens with zero attached hydrogens (tertiary/aromatic N) is 2. The van der Waals surface area contributed by atoms with E-state index in [1.165, 1.54) is 4.90 Å². The first-order valence-electron chi connectivity index (χ1n) is 4.03. The molecular formula is C7H9ClN2O3S. The van der Waals surface area contributed by atoms with Crippen LogP contribution in [0, 0.1) is 11.3 Å². The Hall–Kier alpha value is -0.800. The topological polar surface area (TPSA) is 78.2 Å². The van der Waals surface area contributed by atoms with E-state index >= 15 is 0 Å². The molecule has 14 heavy (non-hydrogen) atoms. The number of halogens is 1. The summed E-state index contributed by atoms with van der Waals surface area (Å²) in [6, 6.07) is 1.89. The molecule has 1 heterocycles. The molecule has 0 saturated carbocycles. The van der Waals surface area contributed by atoms with Gasteiger partial charge in [0.1, 0.15) is 5.25 Å². The van der Waals surface area contributed by atoms with Crippen LogP contribution in [0.4, 0.5) is 0 Å². The highest BCUT2D eigenvalue weighted by Crippen LogP contribution is 2.20. The molecule has 5 nitrogen and oxygen atoms in total. The Bertz CT molecular complexity index is 373. The van der Waals surface area contributed by atoms with Crippen LogP contribution in [0.3, 0.4) is 0 Å². The highest BCUT2D eigenvalue weighted by molar-refractivity contribution is 8.14. The molecule has 0 N–H and O–H groups in total. The first kappa shape index (κ1) is 11.3. The molecule has 0 aromatic carbocycles. The van der Waals surface area contributed by atoms with Crippen LogP contribution >= 0.6 is 10.7 Å². The molecule has 78 valence electrons. The summed E-state index contributed by atoms with van der Waals surface area (Å²) in [4.78, 5) is 12.6. The molecule has 1 aliphatic heterocycles. The Morgan fingerprint density at radius 1 is 1.64 bits per heavy atom. The predicted molar refractivity (Wildman–Crippen MR) is 50.0 cm³/mol. The normalized spacial score (nSPS) is 22.4. The maximum atomic E-state index is 11.2. The van der Waals surface area contributed by atoms with Crippen LogP contribution in [0.1, 0.15) is 12.8 Å². The minimum absolute atomic E-state index is 0.0722. The van der Waals surface area contributed by atoms with Gasteiger partial charge in [0.2, 0.25) is 15.0 Å². The zero-order valence-electron chi connectivity index (χ0n) is 7.31. The summed E-state index contributed by atoms with van der Waals surface area (Å²) in [5.41, 5.74) is 0. The van der Waals surface area contributed by atoms with Gasteiger partial charge in [-0.15, -0.1) is 0 Å². The number of rotatable bonds is 3. The quantitative estimate of drug-likeness (QED) is 0.650. The lowest BCUT2D eigenvalue weighted by molar-refractivity contribution is -0.127. The van der Waals surface area contributed by atoms with E-state index < -0.39 is 14.3 Å². The Kier molecular flexibility index (Phi) is 3.34. The molecule has 0 aromatic rings. The lowest BCUT2D eigenvalue weighted by Crippen LogP contribution is -2.27. The van der Waals surface area contributed by atoms with Crippen LogP contribution in [-0.4, -0.2) is 37.6 Å². The van der Waals surface area contributed by atoms with E-state index in [0.29, 0.717) is 0 Å². The molecule has 1 saturated heterocycles. The highest BCUT2D eigenvalue weighted by atomic mass is 35.7. The molecule has 0 spiro atoms. The minimum atomic E-state index is -3.67. The van der Waals surface area contributed by atoms with E-state index in [4.69, 9.17) is 15.9 Å². The molecule has 7 heteroatoms. The summed E-state index contributed by atoms with van der Waals surface area (Å²) >= 11 is 0. The summed E-state index contributed by atoms with van der Waals surface area (Å²) in [5, 5.41) is 7.48. The lowest BCUT2D eigenvalue weighted by atomic mass is 10.4. The average molecular weight is 237 g/mol. The minimum Gasteiger partial charge on any atom is -0.340 e. The van der Waals surface area contributed by atoms with E-state index in [2.05, 4.69) is 0 Å². The van der Waals surface area contributed by atoms with E-state index in [-0.39, 0.29) is 31.8 Å². The average Bonchev–Trinajstić information content (AvgIpc) is 2.43. The number of hydrogen-bond acceptors (Lipinski definition) is 4.